The van der Waals surface area contributed by atoms with Crippen LogP contribution in [0.2, 0.25) is 0 Å². The van der Waals surface area contributed by atoms with Gasteiger partial charge in [0, 0.05) is 55.2 Å². The Balaban J connectivity index is 1.32. The molecule has 3 atom stereocenters. The standard InChI is InChI=1S/C29H34N8O10S/c1-34-15-23(48)12-24(34)26(39)35-11-10-20(14-35)31-25(38)13-30-27(32-28(40)46-16-18-2-6-21(7-3-18)36(42)43)33-29(41)47-17-19-4-8-22(9-5-19)37(44)45/h2-9,20,23-24,48H,10-17H2,1H3,(H,31,38)(H2,30,32,33,40,41)/t20-,23-,24-/m0/s1. The van der Waals surface area contributed by atoms with Crippen molar-refractivity contribution in [3.05, 3.63) is 79.9 Å². The second-order valence-electron chi connectivity index (χ2n) is 11.1. The minimum atomic E-state index is -1.16. The zero-order valence-corrected chi connectivity index (χ0v) is 26.7. The summed E-state index contributed by atoms with van der Waals surface area (Å²) in [6.07, 6.45) is -1.02. The molecule has 0 aliphatic carbocycles. The number of guanidine groups is 1. The quantitative estimate of drug-likeness (QED) is 0.0921. The van der Waals surface area contributed by atoms with E-state index in [-0.39, 0.29) is 47.8 Å². The predicted octanol–water partition coefficient (Wildman–Crippen LogP) is 1.73. The number of nitrogens with zero attached hydrogens (tertiary/aromatic N) is 5. The minimum absolute atomic E-state index is 0.0120. The fourth-order valence-electron chi connectivity index (χ4n) is 5.08. The second-order valence-corrected chi connectivity index (χ2v) is 11.8. The summed E-state index contributed by atoms with van der Waals surface area (Å²) in [5, 5.41) is 29.4. The number of alkyl carbamates (subject to hydrolysis) is 1. The van der Waals surface area contributed by atoms with E-state index in [0.717, 1.165) is 0 Å². The van der Waals surface area contributed by atoms with Gasteiger partial charge in [0.25, 0.3) is 11.4 Å². The van der Waals surface area contributed by atoms with Gasteiger partial charge in [-0.15, -0.1) is 4.99 Å². The molecule has 2 aromatic rings. The number of nitro benzene ring substituents is 2. The van der Waals surface area contributed by atoms with Crippen LogP contribution in [-0.4, -0.2) is 100 Å². The van der Waals surface area contributed by atoms with Crippen LogP contribution in [0.1, 0.15) is 24.0 Å². The third-order valence-electron chi connectivity index (χ3n) is 7.54. The monoisotopic (exact) mass is 686 g/mol. The normalized spacial score (nSPS) is 19.3. The maximum absolute atomic E-state index is 13.0. The van der Waals surface area contributed by atoms with Crippen molar-refractivity contribution in [3.63, 3.8) is 0 Å². The molecule has 0 radical (unpaired) electrons. The lowest BCUT2D eigenvalue weighted by Crippen LogP contribution is -2.48. The van der Waals surface area contributed by atoms with Crippen LogP contribution >= 0.6 is 12.6 Å². The Bertz CT molecular complexity index is 1560. The van der Waals surface area contributed by atoms with Crippen LogP contribution in [0.3, 0.4) is 0 Å². The number of ether oxygens (including phenoxy) is 2. The van der Waals surface area contributed by atoms with Gasteiger partial charge in [-0.3, -0.25) is 40.0 Å². The summed E-state index contributed by atoms with van der Waals surface area (Å²) < 4.78 is 10.2. The van der Waals surface area contributed by atoms with Crippen molar-refractivity contribution >= 4 is 54.0 Å². The zero-order valence-electron chi connectivity index (χ0n) is 25.8. The molecule has 19 heteroatoms. The highest BCUT2D eigenvalue weighted by atomic mass is 32.1. The molecule has 3 N–H and O–H groups in total. The number of amides is 4. The molecule has 0 spiro atoms. The van der Waals surface area contributed by atoms with E-state index in [1.807, 2.05) is 11.9 Å². The van der Waals surface area contributed by atoms with Crippen molar-refractivity contribution in [2.24, 2.45) is 4.99 Å². The van der Waals surface area contributed by atoms with Crippen molar-refractivity contribution in [3.8, 4) is 0 Å². The number of likely N-dealkylation sites (tertiary alicyclic amines) is 2. The molecule has 2 aliphatic heterocycles. The van der Waals surface area contributed by atoms with E-state index in [0.29, 0.717) is 43.6 Å². The summed E-state index contributed by atoms with van der Waals surface area (Å²) in [7, 11) is 1.88. The molecule has 256 valence electrons. The Kier molecular flexibility index (Phi) is 12.2. The largest absolute Gasteiger partial charge is 0.444 e. The van der Waals surface area contributed by atoms with Crippen LogP contribution in [0.25, 0.3) is 0 Å². The van der Waals surface area contributed by atoms with Crippen LogP contribution in [0.5, 0.6) is 0 Å². The number of aliphatic imine (C=N–C) groups is 1. The Morgan fingerprint density at radius 1 is 0.938 bits per heavy atom. The second kappa shape index (κ2) is 16.5. The van der Waals surface area contributed by atoms with Gasteiger partial charge >= 0.3 is 12.2 Å². The molecule has 2 fully saturated rings. The highest BCUT2D eigenvalue weighted by molar-refractivity contribution is 7.81. The van der Waals surface area contributed by atoms with Crippen molar-refractivity contribution in [2.45, 2.75) is 43.4 Å². The Morgan fingerprint density at radius 3 is 2.06 bits per heavy atom. The SMILES string of the molecule is CN1C[C@@H](S)C[C@H]1C(=O)N1CC[C@H](NC(=O)CN/C(=N\C(=O)OCc2ccc([N+](=O)[O-])cc2)NC(=O)OCc2ccc([N+](=O)[O-])cc2)C1. The number of non-ortho nitro benzene ring substituents is 2. The molecule has 0 unspecified atom stereocenters. The molecule has 48 heavy (non-hydrogen) atoms. The van der Waals surface area contributed by atoms with Gasteiger partial charge < -0.3 is 25.0 Å². The molecule has 2 heterocycles. The molecule has 2 saturated heterocycles. The van der Waals surface area contributed by atoms with Gasteiger partial charge in [0.2, 0.25) is 17.8 Å². The van der Waals surface area contributed by atoms with Gasteiger partial charge in [-0.25, -0.2) is 9.59 Å². The van der Waals surface area contributed by atoms with E-state index in [9.17, 15) is 39.4 Å². The first-order valence-corrected chi connectivity index (χ1v) is 15.3. The summed E-state index contributed by atoms with van der Waals surface area (Å²) in [5.74, 6) is -0.987. The summed E-state index contributed by atoms with van der Waals surface area (Å²) in [5.41, 5.74) is 0.590. The summed E-state index contributed by atoms with van der Waals surface area (Å²) >= 11 is 4.48. The van der Waals surface area contributed by atoms with Gasteiger partial charge in [-0.1, -0.05) is 0 Å². The van der Waals surface area contributed by atoms with E-state index in [1.54, 1.807) is 4.90 Å². The maximum Gasteiger partial charge on any atom is 0.437 e. The van der Waals surface area contributed by atoms with Gasteiger partial charge in [-0.05, 0) is 55.3 Å². The van der Waals surface area contributed by atoms with Crippen LogP contribution in [0.4, 0.5) is 21.0 Å². The third-order valence-corrected chi connectivity index (χ3v) is 7.92. The topological polar surface area (TPSA) is 228 Å². The molecule has 18 nitrogen and oxygen atoms in total. The van der Waals surface area contributed by atoms with Crippen molar-refractivity contribution in [1.29, 1.82) is 0 Å². The third kappa shape index (κ3) is 10.4. The molecule has 0 saturated carbocycles. The average Bonchev–Trinajstić information content (AvgIpc) is 3.66. The molecular formula is C29H34N8O10S. The Morgan fingerprint density at radius 2 is 1.52 bits per heavy atom. The molecule has 0 aromatic heterocycles. The fourth-order valence-corrected chi connectivity index (χ4v) is 5.54. The number of carbonyl (C=O) groups excluding carboxylic acids is 4. The maximum atomic E-state index is 13.0. The first-order chi connectivity index (χ1) is 22.9. The van der Waals surface area contributed by atoms with Crippen LogP contribution in [0.15, 0.2) is 53.5 Å². The van der Waals surface area contributed by atoms with E-state index in [4.69, 9.17) is 9.47 Å². The predicted molar refractivity (Wildman–Crippen MR) is 172 cm³/mol. The smallest absolute Gasteiger partial charge is 0.437 e. The van der Waals surface area contributed by atoms with Gasteiger partial charge in [0.05, 0.1) is 22.4 Å². The van der Waals surface area contributed by atoms with Gasteiger partial charge in [-0.2, -0.15) is 12.6 Å². The lowest BCUT2D eigenvalue weighted by molar-refractivity contribution is -0.385. The molecule has 4 amide bonds. The number of carbonyl (C=O) groups is 4. The van der Waals surface area contributed by atoms with E-state index in [2.05, 4.69) is 33.6 Å². The molecule has 4 rings (SSSR count). The molecule has 0 bridgehead atoms. The molecular weight excluding hydrogens is 652 g/mol. The van der Waals surface area contributed by atoms with Gasteiger partial charge in [0.1, 0.15) is 13.2 Å². The number of benzene rings is 2. The Hall–Kier alpha value is -5.30. The molecule has 2 aliphatic rings. The Labute approximate surface area is 279 Å². The van der Waals surface area contributed by atoms with Crippen LogP contribution in [-0.2, 0) is 32.3 Å². The summed E-state index contributed by atoms with van der Waals surface area (Å²) in [4.78, 5) is 78.6. The van der Waals surface area contributed by atoms with E-state index >= 15 is 0 Å². The summed E-state index contributed by atoms with van der Waals surface area (Å²) in [6, 6.07) is 10.00. The zero-order chi connectivity index (χ0) is 34.8. The number of nitro groups is 2. The van der Waals surface area contributed by atoms with Crippen molar-refractivity contribution in [1.82, 2.24) is 25.8 Å². The van der Waals surface area contributed by atoms with Crippen LogP contribution < -0.4 is 16.0 Å². The summed E-state index contributed by atoms with van der Waals surface area (Å²) in [6.45, 7) is 0.537. The minimum Gasteiger partial charge on any atom is -0.444 e. The number of nitrogens with one attached hydrogen (secondary N) is 3. The van der Waals surface area contributed by atoms with Crippen LogP contribution in [0, 0.1) is 20.2 Å². The van der Waals surface area contributed by atoms with E-state index in [1.165, 1.54) is 48.5 Å². The van der Waals surface area contributed by atoms with Crippen molar-refractivity contribution < 1.29 is 38.5 Å². The first kappa shape index (κ1) is 35.6. The molecule has 2 aromatic carbocycles. The number of rotatable bonds is 10. The number of thiol groups is 1. The van der Waals surface area contributed by atoms with Crippen molar-refractivity contribution in [2.75, 3.05) is 33.2 Å². The highest BCUT2D eigenvalue weighted by Gasteiger charge is 2.38. The van der Waals surface area contributed by atoms with E-state index < -0.39 is 40.4 Å². The lowest BCUT2D eigenvalue weighted by atomic mass is 10.2. The fraction of sp³-hybridized carbons (Fsp3) is 0.414. The highest BCUT2D eigenvalue weighted by Crippen LogP contribution is 2.23. The van der Waals surface area contributed by atoms with Gasteiger partial charge in [0.15, 0.2) is 0 Å². The first-order valence-electron chi connectivity index (χ1n) is 14.7. The number of likely N-dealkylation sites (N-methyl/N-ethyl adjacent to an activating group) is 1. The number of hydrogen-bond donors (Lipinski definition) is 4. The number of hydrogen-bond acceptors (Lipinski definition) is 12. The average molecular weight is 687 g/mol. The lowest BCUT2D eigenvalue weighted by Gasteiger charge is -2.25.